The number of anilines is 2. The number of para-hydroxylation sites is 2. The Labute approximate surface area is 152 Å². The molecular weight excluding hydrogens is 320 g/mol. The molecule has 128 valence electrons. The molecule has 3 nitrogen and oxygen atoms in total. The van der Waals surface area contributed by atoms with Crippen LogP contribution < -0.4 is 5.32 Å². The largest absolute Gasteiger partial charge is 0.341 e. The van der Waals surface area contributed by atoms with Crippen LogP contribution in [0.4, 0.5) is 11.5 Å². The van der Waals surface area contributed by atoms with Crippen LogP contribution in [0, 0.1) is 13.8 Å². The number of aryl methyl sites for hydroxylation is 2. The Bertz CT molecular complexity index is 1090. The van der Waals surface area contributed by atoms with E-state index in [2.05, 4.69) is 23.3 Å². The first-order valence-corrected chi connectivity index (χ1v) is 8.69. The number of aromatic nitrogens is 1. The lowest BCUT2D eigenvalue weighted by Gasteiger charge is -2.10. The lowest BCUT2D eigenvalue weighted by Crippen LogP contribution is -2.04. The van der Waals surface area contributed by atoms with Gasteiger partial charge in [-0.05, 0) is 31.0 Å². The van der Waals surface area contributed by atoms with Crippen molar-refractivity contribution >= 4 is 28.2 Å². The highest BCUT2D eigenvalue weighted by atomic mass is 16.1. The average Bonchev–Trinajstić information content (AvgIpc) is 3.03. The number of H-pyrrole nitrogens is 1. The van der Waals surface area contributed by atoms with Crippen LogP contribution in [0.25, 0.3) is 10.9 Å². The molecule has 0 spiro atoms. The van der Waals surface area contributed by atoms with E-state index in [1.165, 1.54) is 0 Å². The van der Waals surface area contributed by atoms with Crippen molar-refractivity contribution in [1.82, 2.24) is 4.98 Å². The maximum absolute atomic E-state index is 13.3. The fraction of sp³-hybridized carbons (Fsp3) is 0.0870. The monoisotopic (exact) mass is 340 g/mol. The topological polar surface area (TPSA) is 44.9 Å². The summed E-state index contributed by atoms with van der Waals surface area (Å²) in [6.45, 7) is 4.10. The zero-order valence-electron chi connectivity index (χ0n) is 14.8. The predicted molar refractivity (Wildman–Crippen MR) is 107 cm³/mol. The number of rotatable bonds is 4. The fourth-order valence-corrected chi connectivity index (χ4v) is 3.28. The molecule has 3 heteroatoms. The molecule has 0 saturated heterocycles. The molecule has 1 heterocycles. The Morgan fingerprint density at radius 1 is 0.808 bits per heavy atom. The van der Waals surface area contributed by atoms with Crippen LogP contribution in [0.1, 0.15) is 27.0 Å². The van der Waals surface area contributed by atoms with Gasteiger partial charge in [0, 0.05) is 16.6 Å². The number of hydrogen-bond donors (Lipinski definition) is 2. The summed E-state index contributed by atoms with van der Waals surface area (Å²) in [7, 11) is 0. The molecule has 0 fully saturated rings. The second-order valence-electron chi connectivity index (χ2n) is 6.51. The molecule has 0 atom stereocenters. The molecule has 0 radical (unpaired) electrons. The molecule has 0 aliphatic rings. The van der Waals surface area contributed by atoms with E-state index in [-0.39, 0.29) is 5.78 Å². The molecular formula is C23H20N2O. The quantitative estimate of drug-likeness (QED) is 0.464. The summed E-state index contributed by atoms with van der Waals surface area (Å²) in [5.41, 5.74) is 5.58. The molecule has 3 aromatic carbocycles. The van der Waals surface area contributed by atoms with Gasteiger partial charge in [0.2, 0.25) is 0 Å². The van der Waals surface area contributed by atoms with Crippen molar-refractivity contribution in [2.24, 2.45) is 0 Å². The SMILES string of the molecule is Cc1ccccc1Nc1[nH]c2c(C)cccc2c1C(=O)c1ccccc1. The summed E-state index contributed by atoms with van der Waals surface area (Å²) in [6.07, 6.45) is 0. The maximum Gasteiger partial charge on any atom is 0.197 e. The second-order valence-corrected chi connectivity index (χ2v) is 6.51. The molecule has 1 aromatic heterocycles. The number of fused-ring (bicyclic) bond motifs is 1. The second kappa shape index (κ2) is 6.52. The highest BCUT2D eigenvalue weighted by Crippen LogP contribution is 2.33. The van der Waals surface area contributed by atoms with Crippen molar-refractivity contribution < 1.29 is 4.79 Å². The number of hydrogen-bond acceptors (Lipinski definition) is 2. The normalized spacial score (nSPS) is 10.8. The van der Waals surface area contributed by atoms with E-state index in [0.29, 0.717) is 11.1 Å². The van der Waals surface area contributed by atoms with Gasteiger partial charge in [0.05, 0.1) is 11.1 Å². The highest BCUT2D eigenvalue weighted by molar-refractivity contribution is 6.20. The number of ketones is 1. The van der Waals surface area contributed by atoms with Crippen LogP contribution in [0.3, 0.4) is 0 Å². The summed E-state index contributed by atoms with van der Waals surface area (Å²) in [5.74, 6) is 0.746. The maximum atomic E-state index is 13.3. The van der Waals surface area contributed by atoms with Gasteiger partial charge in [0.1, 0.15) is 5.82 Å². The van der Waals surface area contributed by atoms with Gasteiger partial charge in [-0.15, -0.1) is 0 Å². The van der Waals surface area contributed by atoms with Crippen molar-refractivity contribution in [3.8, 4) is 0 Å². The smallest absolute Gasteiger partial charge is 0.197 e. The van der Waals surface area contributed by atoms with E-state index in [9.17, 15) is 4.79 Å². The summed E-state index contributed by atoms with van der Waals surface area (Å²) in [5, 5.41) is 4.37. The Hall–Kier alpha value is -3.33. The van der Waals surface area contributed by atoms with Crippen LogP contribution >= 0.6 is 0 Å². The van der Waals surface area contributed by atoms with Gasteiger partial charge in [-0.25, -0.2) is 0 Å². The number of carbonyl (C=O) groups excluding carboxylic acids is 1. The third kappa shape index (κ3) is 2.78. The summed E-state index contributed by atoms with van der Waals surface area (Å²) in [4.78, 5) is 16.7. The van der Waals surface area contributed by atoms with E-state index in [1.54, 1.807) is 0 Å². The molecule has 0 saturated carbocycles. The van der Waals surface area contributed by atoms with E-state index < -0.39 is 0 Å². The third-order valence-electron chi connectivity index (χ3n) is 4.71. The first kappa shape index (κ1) is 16.2. The Morgan fingerprint density at radius 3 is 2.27 bits per heavy atom. The Morgan fingerprint density at radius 2 is 1.50 bits per heavy atom. The number of nitrogens with one attached hydrogen (secondary N) is 2. The van der Waals surface area contributed by atoms with Crippen LogP contribution in [0.2, 0.25) is 0 Å². The van der Waals surface area contributed by atoms with Crippen molar-refractivity contribution in [1.29, 1.82) is 0 Å². The van der Waals surface area contributed by atoms with Gasteiger partial charge < -0.3 is 10.3 Å². The van der Waals surface area contributed by atoms with Gasteiger partial charge in [-0.1, -0.05) is 66.7 Å². The van der Waals surface area contributed by atoms with Crippen LogP contribution in [0.5, 0.6) is 0 Å². The van der Waals surface area contributed by atoms with Crippen LogP contribution in [-0.4, -0.2) is 10.8 Å². The van der Waals surface area contributed by atoms with E-state index in [1.807, 2.05) is 73.7 Å². The third-order valence-corrected chi connectivity index (χ3v) is 4.71. The highest BCUT2D eigenvalue weighted by Gasteiger charge is 2.21. The van der Waals surface area contributed by atoms with Gasteiger partial charge >= 0.3 is 0 Å². The molecule has 26 heavy (non-hydrogen) atoms. The van der Waals surface area contributed by atoms with E-state index in [0.717, 1.165) is 33.5 Å². The molecule has 0 unspecified atom stereocenters. The Balaban J connectivity index is 1.91. The number of aromatic amines is 1. The lowest BCUT2D eigenvalue weighted by molar-refractivity contribution is 0.104. The number of benzene rings is 3. The summed E-state index contributed by atoms with van der Waals surface area (Å²) in [6, 6.07) is 23.5. The minimum atomic E-state index is 0.0125. The van der Waals surface area contributed by atoms with E-state index >= 15 is 0 Å². The average molecular weight is 340 g/mol. The first-order chi connectivity index (χ1) is 12.6. The van der Waals surface area contributed by atoms with Crippen molar-refractivity contribution in [2.45, 2.75) is 13.8 Å². The van der Waals surface area contributed by atoms with Gasteiger partial charge in [0.15, 0.2) is 5.78 Å². The standard InChI is InChI=1S/C23H20N2O/c1-15-9-6-7-14-19(15)24-23-20(22(26)17-11-4-3-5-12-17)18-13-8-10-16(2)21(18)25-23/h3-14,24-25H,1-2H3. The molecule has 0 aliphatic carbocycles. The van der Waals surface area contributed by atoms with Crippen LogP contribution in [-0.2, 0) is 0 Å². The number of carbonyl (C=O) groups is 1. The Kier molecular flexibility index (Phi) is 4.05. The minimum absolute atomic E-state index is 0.0125. The summed E-state index contributed by atoms with van der Waals surface area (Å²) < 4.78 is 0. The van der Waals surface area contributed by atoms with Gasteiger partial charge in [-0.2, -0.15) is 0 Å². The van der Waals surface area contributed by atoms with Crippen molar-refractivity contribution in [2.75, 3.05) is 5.32 Å². The predicted octanol–water partition coefficient (Wildman–Crippen LogP) is 5.76. The van der Waals surface area contributed by atoms with Gasteiger partial charge in [0.25, 0.3) is 0 Å². The van der Waals surface area contributed by atoms with Crippen molar-refractivity contribution in [3.05, 3.63) is 95.1 Å². The molecule has 0 amide bonds. The molecule has 4 rings (SSSR count). The fourth-order valence-electron chi connectivity index (χ4n) is 3.28. The van der Waals surface area contributed by atoms with Crippen LogP contribution in [0.15, 0.2) is 72.8 Å². The van der Waals surface area contributed by atoms with E-state index in [4.69, 9.17) is 0 Å². The van der Waals surface area contributed by atoms with Crippen molar-refractivity contribution in [3.63, 3.8) is 0 Å². The molecule has 0 aliphatic heterocycles. The zero-order valence-corrected chi connectivity index (χ0v) is 14.8. The lowest BCUT2D eigenvalue weighted by atomic mass is 10.0. The summed E-state index contributed by atoms with van der Waals surface area (Å²) >= 11 is 0. The zero-order chi connectivity index (χ0) is 18.1. The molecule has 0 bridgehead atoms. The minimum Gasteiger partial charge on any atom is -0.341 e. The molecule has 4 aromatic rings. The molecule has 2 N–H and O–H groups in total. The van der Waals surface area contributed by atoms with Gasteiger partial charge in [-0.3, -0.25) is 4.79 Å². The first-order valence-electron chi connectivity index (χ1n) is 8.69.